The highest BCUT2D eigenvalue weighted by molar-refractivity contribution is 6.04. The Morgan fingerprint density at radius 2 is 2.05 bits per heavy atom. The summed E-state index contributed by atoms with van der Waals surface area (Å²) in [6.45, 7) is 1.58. The fourth-order valence-electron chi connectivity index (χ4n) is 1.61. The fraction of sp³-hybridized carbons (Fsp3) is 0.364. The van der Waals surface area contributed by atoms with Crippen molar-refractivity contribution >= 4 is 11.5 Å². The third-order valence-corrected chi connectivity index (χ3v) is 2.82. The molecule has 1 fully saturated rings. The van der Waals surface area contributed by atoms with Crippen LogP contribution >= 0.6 is 0 Å². The van der Waals surface area contributed by atoms with Crippen LogP contribution < -0.4 is 0 Å². The summed E-state index contributed by atoms with van der Waals surface area (Å²) >= 11 is 0. The molecule has 1 aliphatic rings. The second kappa shape index (κ2) is 4.02. The van der Waals surface area contributed by atoms with E-state index in [1.165, 1.54) is 6.92 Å². The third kappa shape index (κ3) is 2.43. The minimum absolute atomic E-state index is 0.129. The van der Waals surface area contributed by atoms with Gasteiger partial charge in [-0.2, -0.15) is 13.2 Å². The van der Waals surface area contributed by atoms with E-state index in [0.29, 0.717) is 12.1 Å². The van der Waals surface area contributed by atoms with E-state index in [-0.39, 0.29) is 12.2 Å². The van der Waals surface area contributed by atoms with Gasteiger partial charge in [-0.15, -0.1) is 0 Å². The monoisotopic (exact) mass is 275 g/mol. The highest BCUT2D eigenvalue weighted by atomic mass is 19.4. The van der Waals surface area contributed by atoms with Crippen LogP contribution in [0.2, 0.25) is 0 Å². The summed E-state index contributed by atoms with van der Waals surface area (Å²) in [5.41, 5.74) is -3.88. The van der Waals surface area contributed by atoms with Crippen molar-refractivity contribution < 1.29 is 27.6 Å². The second-order valence-electron chi connectivity index (χ2n) is 4.34. The smallest absolute Gasteiger partial charge is 0.361 e. The summed E-state index contributed by atoms with van der Waals surface area (Å²) in [5.74, 6) is -0.618. The molecule has 2 rings (SSSR count). The number of nitrogens with zero attached hydrogens (tertiary/aromatic N) is 1. The lowest BCUT2D eigenvalue weighted by atomic mass is 9.97. The van der Waals surface area contributed by atoms with Crippen molar-refractivity contribution in [3.05, 3.63) is 39.4 Å². The van der Waals surface area contributed by atoms with Gasteiger partial charge < -0.3 is 4.74 Å². The van der Waals surface area contributed by atoms with Gasteiger partial charge >= 0.3 is 6.18 Å². The summed E-state index contributed by atoms with van der Waals surface area (Å²) in [6.07, 6.45) is -4.90. The molecule has 5 nitrogen and oxygen atoms in total. The molecule has 0 N–H and O–H groups in total. The van der Waals surface area contributed by atoms with E-state index in [1.54, 1.807) is 0 Å². The Labute approximate surface area is 105 Å². The lowest BCUT2D eigenvalue weighted by molar-refractivity contribution is -0.388. The van der Waals surface area contributed by atoms with Crippen molar-refractivity contribution in [1.29, 1.82) is 0 Å². The molecule has 19 heavy (non-hydrogen) atoms. The topological polar surface area (TPSA) is 72.7 Å². The zero-order chi connectivity index (χ0) is 14.4. The van der Waals surface area contributed by atoms with Gasteiger partial charge in [-0.3, -0.25) is 14.9 Å². The van der Waals surface area contributed by atoms with E-state index < -0.39 is 33.7 Å². The largest absolute Gasteiger partial charge is 0.423 e. The molecule has 1 aromatic rings. The van der Waals surface area contributed by atoms with E-state index in [1.807, 2.05) is 0 Å². The van der Waals surface area contributed by atoms with E-state index >= 15 is 0 Å². The van der Waals surface area contributed by atoms with Gasteiger partial charge in [0, 0.05) is 11.6 Å². The van der Waals surface area contributed by atoms with Crippen molar-refractivity contribution in [3.8, 4) is 0 Å². The van der Waals surface area contributed by atoms with Gasteiger partial charge in [-0.1, -0.05) is 0 Å². The Balaban J connectivity index is 2.50. The molecule has 0 amide bonds. The Morgan fingerprint density at radius 1 is 1.47 bits per heavy atom. The first kappa shape index (κ1) is 13.5. The maximum Gasteiger partial charge on any atom is 0.423 e. The van der Waals surface area contributed by atoms with Crippen molar-refractivity contribution in [2.45, 2.75) is 18.7 Å². The number of carbonyl (C=O) groups is 1. The number of halogens is 3. The summed E-state index contributed by atoms with van der Waals surface area (Å²) in [6, 6.07) is 2.18. The number of ether oxygens (including phenoxy) is 1. The molecule has 1 aliphatic heterocycles. The summed E-state index contributed by atoms with van der Waals surface area (Å²) < 4.78 is 43.0. The number of ketones is 1. The SMILES string of the molecule is CC1(C(=O)c2ccc([N+](=O)[O-])c(C(F)(F)F)c2)CO1. The van der Waals surface area contributed by atoms with Gasteiger partial charge in [0.2, 0.25) is 0 Å². The quantitative estimate of drug-likeness (QED) is 0.368. The number of Topliss-reactive ketones (excluding diaryl/α,β-unsaturated/α-hetero) is 1. The molecule has 8 heteroatoms. The van der Waals surface area contributed by atoms with Crippen LogP contribution in [0.3, 0.4) is 0 Å². The number of epoxide rings is 1. The average molecular weight is 275 g/mol. The van der Waals surface area contributed by atoms with Crippen LogP contribution in [0.5, 0.6) is 0 Å². The highest BCUT2D eigenvalue weighted by Gasteiger charge is 2.48. The molecule has 1 unspecified atom stereocenters. The van der Waals surface area contributed by atoms with Gasteiger partial charge in [0.25, 0.3) is 5.69 Å². The zero-order valence-corrected chi connectivity index (χ0v) is 9.65. The molecular weight excluding hydrogens is 267 g/mol. The molecule has 0 saturated carbocycles. The Kier molecular flexibility index (Phi) is 2.85. The number of rotatable bonds is 3. The minimum Gasteiger partial charge on any atom is -0.361 e. The number of alkyl halides is 3. The standard InChI is InChI=1S/C11H8F3NO4/c1-10(5-19-10)9(16)6-2-3-8(15(17)18)7(4-6)11(12,13)14/h2-4H,5H2,1H3. The highest BCUT2D eigenvalue weighted by Crippen LogP contribution is 2.38. The van der Waals surface area contributed by atoms with Crippen molar-refractivity contribution in [2.75, 3.05) is 6.61 Å². The molecule has 1 saturated heterocycles. The van der Waals surface area contributed by atoms with Gasteiger partial charge in [0.05, 0.1) is 11.5 Å². The van der Waals surface area contributed by atoms with Crippen molar-refractivity contribution in [3.63, 3.8) is 0 Å². The first-order valence-corrected chi connectivity index (χ1v) is 5.19. The van der Waals surface area contributed by atoms with E-state index in [9.17, 15) is 28.1 Å². The summed E-state index contributed by atoms with van der Waals surface area (Å²) in [4.78, 5) is 21.2. The van der Waals surface area contributed by atoms with Crippen LogP contribution in [-0.4, -0.2) is 22.9 Å². The Bertz CT molecular complexity index is 564. The molecule has 1 atom stereocenters. The predicted molar refractivity (Wildman–Crippen MR) is 56.8 cm³/mol. The first-order chi connectivity index (χ1) is 8.65. The molecule has 0 spiro atoms. The van der Waals surface area contributed by atoms with Crippen LogP contribution in [0.25, 0.3) is 0 Å². The van der Waals surface area contributed by atoms with Crippen molar-refractivity contribution in [2.24, 2.45) is 0 Å². The molecule has 0 radical (unpaired) electrons. The van der Waals surface area contributed by atoms with Crippen LogP contribution in [-0.2, 0) is 10.9 Å². The summed E-state index contributed by atoms with van der Waals surface area (Å²) in [7, 11) is 0. The fourth-order valence-corrected chi connectivity index (χ4v) is 1.61. The Hall–Kier alpha value is -1.96. The van der Waals surface area contributed by atoms with Gasteiger partial charge in [0.1, 0.15) is 5.56 Å². The van der Waals surface area contributed by atoms with E-state index in [0.717, 1.165) is 6.07 Å². The maximum absolute atomic E-state index is 12.7. The average Bonchev–Trinajstić information content (AvgIpc) is 3.05. The number of benzene rings is 1. The van der Waals surface area contributed by atoms with Crippen LogP contribution in [0.15, 0.2) is 18.2 Å². The predicted octanol–water partition coefficient (Wildman–Crippen LogP) is 2.59. The van der Waals surface area contributed by atoms with Gasteiger partial charge in [-0.05, 0) is 19.1 Å². The first-order valence-electron chi connectivity index (χ1n) is 5.19. The Morgan fingerprint density at radius 3 is 2.47 bits per heavy atom. The molecule has 0 bridgehead atoms. The van der Waals surface area contributed by atoms with E-state index in [2.05, 4.69) is 0 Å². The number of hydrogen-bond acceptors (Lipinski definition) is 4. The molecule has 1 aromatic carbocycles. The lowest BCUT2D eigenvalue weighted by Crippen LogP contribution is -2.21. The molecule has 1 heterocycles. The van der Waals surface area contributed by atoms with Crippen LogP contribution in [0.4, 0.5) is 18.9 Å². The van der Waals surface area contributed by atoms with Gasteiger partial charge in [0.15, 0.2) is 11.4 Å². The lowest BCUT2D eigenvalue weighted by Gasteiger charge is -2.10. The zero-order valence-electron chi connectivity index (χ0n) is 9.65. The summed E-state index contributed by atoms with van der Waals surface area (Å²) in [5, 5.41) is 10.6. The second-order valence-corrected chi connectivity index (χ2v) is 4.34. The molecule has 0 aromatic heterocycles. The van der Waals surface area contributed by atoms with Crippen LogP contribution in [0.1, 0.15) is 22.8 Å². The third-order valence-electron chi connectivity index (χ3n) is 2.82. The minimum atomic E-state index is -4.90. The van der Waals surface area contributed by atoms with E-state index in [4.69, 9.17) is 4.74 Å². The number of nitro benzene ring substituents is 1. The molecule has 0 aliphatic carbocycles. The number of nitro groups is 1. The van der Waals surface area contributed by atoms with Gasteiger partial charge in [-0.25, -0.2) is 0 Å². The molecule has 102 valence electrons. The van der Waals surface area contributed by atoms with Crippen molar-refractivity contribution in [1.82, 2.24) is 0 Å². The maximum atomic E-state index is 12.7. The normalized spacial score (nSPS) is 22.1. The number of carbonyl (C=O) groups excluding carboxylic acids is 1. The molecular formula is C11H8F3NO4. The number of hydrogen-bond donors (Lipinski definition) is 0. The van der Waals surface area contributed by atoms with Crippen LogP contribution in [0, 0.1) is 10.1 Å².